The Kier molecular flexibility index (Phi) is 5.58. The van der Waals surface area contributed by atoms with Crippen LogP contribution in [-0.4, -0.2) is 25.7 Å². The topological polar surface area (TPSA) is 70.4 Å². The highest BCUT2D eigenvalue weighted by molar-refractivity contribution is 7.80. The van der Waals surface area contributed by atoms with Crippen LogP contribution >= 0.6 is 23.8 Å². The number of nitrogens with zero attached hydrogens (tertiary/aromatic N) is 3. The number of carboxylic acids is 1. The SMILES string of the molecule is O=C(O)c1cccc(-n2cccc2[C@@H]2[C@@H](c3ccccn3)NC(=S)N2c2ccc(Cl)cc2)c1. The van der Waals surface area contributed by atoms with Gasteiger partial charge in [0, 0.05) is 34.5 Å². The van der Waals surface area contributed by atoms with E-state index in [4.69, 9.17) is 23.8 Å². The second-order valence-corrected chi connectivity index (χ2v) is 8.45. The first-order chi connectivity index (χ1) is 16.0. The zero-order valence-corrected chi connectivity index (χ0v) is 18.9. The van der Waals surface area contributed by atoms with Gasteiger partial charge in [-0.05, 0) is 78.9 Å². The Hall–Kier alpha value is -3.68. The number of rotatable bonds is 5. The predicted molar refractivity (Wildman–Crippen MR) is 132 cm³/mol. The Morgan fingerprint density at radius 2 is 1.82 bits per heavy atom. The number of hydrogen-bond acceptors (Lipinski definition) is 3. The number of carbonyl (C=O) groups is 1. The third-order valence-corrected chi connectivity index (χ3v) is 6.22. The van der Waals surface area contributed by atoms with Crippen LogP contribution in [0.2, 0.25) is 5.02 Å². The smallest absolute Gasteiger partial charge is 0.335 e. The third-order valence-electron chi connectivity index (χ3n) is 5.66. The maximum atomic E-state index is 11.5. The number of carboxylic acid groups (broad SMARTS) is 1. The molecule has 2 N–H and O–H groups in total. The molecule has 0 spiro atoms. The van der Waals surface area contributed by atoms with Gasteiger partial charge in [0.15, 0.2) is 5.11 Å². The van der Waals surface area contributed by atoms with Gasteiger partial charge in [-0.2, -0.15) is 0 Å². The molecule has 2 aromatic carbocycles. The van der Waals surface area contributed by atoms with Crippen molar-refractivity contribution in [3.05, 3.63) is 113 Å². The Balaban J connectivity index is 1.66. The van der Waals surface area contributed by atoms with Crippen LogP contribution < -0.4 is 10.2 Å². The fourth-order valence-corrected chi connectivity index (χ4v) is 4.67. The van der Waals surface area contributed by atoms with E-state index >= 15 is 0 Å². The number of benzene rings is 2. The molecule has 8 heteroatoms. The summed E-state index contributed by atoms with van der Waals surface area (Å²) in [5.41, 5.74) is 3.67. The van der Waals surface area contributed by atoms with Gasteiger partial charge in [-0.25, -0.2) is 4.79 Å². The van der Waals surface area contributed by atoms with Crippen LogP contribution in [0.1, 0.15) is 33.8 Å². The lowest BCUT2D eigenvalue weighted by molar-refractivity contribution is 0.0697. The molecule has 33 heavy (non-hydrogen) atoms. The van der Waals surface area contributed by atoms with E-state index in [0.717, 1.165) is 22.8 Å². The van der Waals surface area contributed by atoms with E-state index in [1.165, 1.54) is 0 Å². The fourth-order valence-electron chi connectivity index (χ4n) is 4.19. The molecule has 2 atom stereocenters. The van der Waals surface area contributed by atoms with Crippen LogP contribution in [0, 0.1) is 0 Å². The zero-order chi connectivity index (χ0) is 22.9. The van der Waals surface area contributed by atoms with E-state index in [9.17, 15) is 9.90 Å². The van der Waals surface area contributed by atoms with Crippen molar-refractivity contribution in [1.29, 1.82) is 0 Å². The highest BCUT2D eigenvalue weighted by Crippen LogP contribution is 2.42. The number of hydrogen-bond donors (Lipinski definition) is 2. The lowest BCUT2D eigenvalue weighted by atomic mass is 10.0. The molecule has 1 saturated heterocycles. The van der Waals surface area contributed by atoms with E-state index < -0.39 is 5.97 Å². The van der Waals surface area contributed by atoms with Crippen LogP contribution in [0.25, 0.3) is 5.69 Å². The quantitative estimate of drug-likeness (QED) is 0.377. The molecule has 0 amide bonds. The van der Waals surface area contributed by atoms with Crippen molar-refractivity contribution in [2.45, 2.75) is 12.1 Å². The Morgan fingerprint density at radius 1 is 1.00 bits per heavy atom. The summed E-state index contributed by atoms with van der Waals surface area (Å²) in [6.07, 6.45) is 3.69. The highest BCUT2D eigenvalue weighted by Gasteiger charge is 2.42. The summed E-state index contributed by atoms with van der Waals surface area (Å²) >= 11 is 11.9. The molecule has 0 bridgehead atoms. The fraction of sp³-hybridized carbons (Fsp3) is 0.0800. The number of aromatic nitrogens is 2. The lowest BCUT2D eigenvalue weighted by Gasteiger charge is -2.29. The summed E-state index contributed by atoms with van der Waals surface area (Å²) in [5.74, 6) is -0.969. The average Bonchev–Trinajstić information content (AvgIpc) is 3.44. The molecular formula is C25H19ClN4O2S. The molecule has 1 fully saturated rings. The Morgan fingerprint density at radius 3 is 2.55 bits per heavy atom. The van der Waals surface area contributed by atoms with E-state index in [0.29, 0.717) is 10.1 Å². The number of pyridine rings is 1. The highest BCUT2D eigenvalue weighted by atomic mass is 35.5. The maximum absolute atomic E-state index is 11.5. The van der Waals surface area contributed by atoms with Gasteiger partial charge in [-0.15, -0.1) is 0 Å². The molecule has 0 aliphatic carbocycles. The first kappa shape index (κ1) is 21.2. The molecule has 1 aliphatic heterocycles. The van der Waals surface area contributed by atoms with Crippen molar-refractivity contribution in [3.63, 3.8) is 0 Å². The minimum Gasteiger partial charge on any atom is -0.478 e. The summed E-state index contributed by atoms with van der Waals surface area (Å²) < 4.78 is 1.99. The zero-order valence-electron chi connectivity index (χ0n) is 17.3. The standard InChI is InChI=1S/C25H19ClN4O2S/c26-17-9-11-18(12-10-17)30-23(22(28-25(30)33)20-7-1-2-13-27-20)21-8-4-14-29(21)19-6-3-5-16(15-19)24(31)32/h1-15,22-23H,(H,28,33)(H,31,32)/t22-,23-/m1/s1. The minimum absolute atomic E-state index is 0.217. The summed E-state index contributed by atoms with van der Waals surface area (Å²) in [7, 11) is 0. The average molecular weight is 475 g/mol. The van der Waals surface area contributed by atoms with Crippen molar-refractivity contribution >= 4 is 40.6 Å². The molecule has 0 unspecified atom stereocenters. The molecule has 3 heterocycles. The van der Waals surface area contributed by atoms with Crippen molar-refractivity contribution in [2.75, 3.05) is 4.90 Å². The Bertz CT molecular complexity index is 1320. The first-order valence-corrected chi connectivity index (χ1v) is 11.1. The normalized spacial score (nSPS) is 17.7. The first-order valence-electron chi connectivity index (χ1n) is 10.3. The molecular weight excluding hydrogens is 456 g/mol. The summed E-state index contributed by atoms with van der Waals surface area (Å²) in [4.78, 5) is 18.2. The van der Waals surface area contributed by atoms with Crippen LogP contribution in [-0.2, 0) is 0 Å². The van der Waals surface area contributed by atoms with Crippen molar-refractivity contribution in [1.82, 2.24) is 14.9 Å². The predicted octanol–water partition coefficient (Wildman–Crippen LogP) is 5.40. The van der Waals surface area contributed by atoms with Gasteiger partial charge in [0.1, 0.15) is 6.04 Å². The number of nitrogens with one attached hydrogen (secondary N) is 1. The minimum atomic E-state index is -0.969. The van der Waals surface area contributed by atoms with Gasteiger partial charge in [0.2, 0.25) is 0 Å². The second-order valence-electron chi connectivity index (χ2n) is 7.63. The lowest BCUT2D eigenvalue weighted by Crippen LogP contribution is -2.30. The van der Waals surface area contributed by atoms with Crippen molar-refractivity contribution in [3.8, 4) is 5.69 Å². The molecule has 0 saturated carbocycles. The monoisotopic (exact) mass is 474 g/mol. The molecule has 4 aromatic rings. The molecule has 0 radical (unpaired) electrons. The number of anilines is 1. The maximum Gasteiger partial charge on any atom is 0.335 e. The van der Waals surface area contributed by atoms with Gasteiger partial charge >= 0.3 is 5.97 Å². The number of halogens is 1. The molecule has 2 aromatic heterocycles. The van der Waals surface area contributed by atoms with Crippen LogP contribution in [0.3, 0.4) is 0 Å². The van der Waals surface area contributed by atoms with Gasteiger partial charge in [0.05, 0.1) is 17.3 Å². The van der Waals surface area contributed by atoms with Gasteiger partial charge in [0.25, 0.3) is 0 Å². The van der Waals surface area contributed by atoms with Crippen LogP contribution in [0.5, 0.6) is 0 Å². The number of aromatic carboxylic acids is 1. The van der Waals surface area contributed by atoms with E-state index in [1.54, 1.807) is 24.4 Å². The second kappa shape index (κ2) is 8.69. The Labute approximate surface area is 201 Å². The van der Waals surface area contributed by atoms with Crippen LogP contribution in [0.4, 0.5) is 5.69 Å². The van der Waals surface area contributed by atoms with Gasteiger partial charge in [-0.1, -0.05) is 23.7 Å². The molecule has 1 aliphatic rings. The number of thiocarbonyl (C=S) groups is 1. The molecule has 6 nitrogen and oxygen atoms in total. The molecule has 5 rings (SSSR count). The van der Waals surface area contributed by atoms with E-state index in [2.05, 4.69) is 15.2 Å². The van der Waals surface area contributed by atoms with E-state index in [-0.39, 0.29) is 17.6 Å². The summed E-state index contributed by atoms with van der Waals surface area (Å²) in [6, 6.07) is 23.7. The third kappa shape index (κ3) is 3.97. The van der Waals surface area contributed by atoms with Crippen LogP contribution in [0.15, 0.2) is 91.3 Å². The van der Waals surface area contributed by atoms with Gasteiger partial charge < -0.3 is 19.9 Å². The summed E-state index contributed by atoms with van der Waals surface area (Å²) in [5, 5.41) is 14.1. The van der Waals surface area contributed by atoms with Crippen molar-refractivity contribution in [2.24, 2.45) is 0 Å². The van der Waals surface area contributed by atoms with Crippen molar-refractivity contribution < 1.29 is 9.90 Å². The molecule has 164 valence electrons. The summed E-state index contributed by atoms with van der Waals surface area (Å²) in [6.45, 7) is 0. The van der Waals surface area contributed by atoms with E-state index in [1.807, 2.05) is 71.4 Å². The van der Waals surface area contributed by atoms with Gasteiger partial charge in [-0.3, -0.25) is 4.98 Å². The largest absolute Gasteiger partial charge is 0.478 e.